The Labute approximate surface area is 165 Å². The van der Waals surface area contributed by atoms with E-state index in [1.807, 2.05) is 48.3 Å². The molecule has 1 unspecified atom stereocenters. The maximum Gasteiger partial charge on any atom is 0.231 e. The van der Waals surface area contributed by atoms with E-state index in [2.05, 4.69) is 27.7 Å². The number of fused-ring (bicyclic) bond motifs is 1. The summed E-state index contributed by atoms with van der Waals surface area (Å²) < 4.78 is 2.03. The SMILES string of the molecule is CC(NC(=O)C1(c2ccnc3ccccc23)CC1)c1cnn(CC2CCC2)c1. The van der Waals surface area contributed by atoms with Crippen molar-refractivity contribution in [1.29, 1.82) is 0 Å². The zero-order valence-electron chi connectivity index (χ0n) is 16.3. The molecule has 1 N–H and O–H groups in total. The first-order valence-electron chi connectivity index (χ1n) is 10.3. The van der Waals surface area contributed by atoms with E-state index in [1.165, 1.54) is 19.3 Å². The molecular weight excluding hydrogens is 348 g/mol. The zero-order valence-corrected chi connectivity index (χ0v) is 16.3. The Morgan fingerprint density at radius 1 is 1.29 bits per heavy atom. The van der Waals surface area contributed by atoms with Gasteiger partial charge in [-0.05, 0) is 56.2 Å². The maximum atomic E-state index is 13.2. The Hall–Kier alpha value is -2.69. The number of nitrogens with zero attached hydrogens (tertiary/aromatic N) is 3. The Morgan fingerprint density at radius 2 is 2.11 bits per heavy atom. The summed E-state index contributed by atoms with van der Waals surface area (Å²) in [6, 6.07) is 10.0. The van der Waals surface area contributed by atoms with Crippen molar-refractivity contribution in [2.24, 2.45) is 5.92 Å². The van der Waals surface area contributed by atoms with Crippen LogP contribution in [0.2, 0.25) is 0 Å². The first-order valence-corrected chi connectivity index (χ1v) is 10.3. The highest BCUT2D eigenvalue weighted by Crippen LogP contribution is 2.50. The van der Waals surface area contributed by atoms with E-state index in [-0.39, 0.29) is 11.9 Å². The minimum absolute atomic E-state index is 0.0479. The molecule has 2 heterocycles. The maximum absolute atomic E-state index is 13.2. The summed E-state index contributed by atoms with van der Waals surface area (Å²) in [6.45, 7) is 3.04. The molecule has 144 valence electrons. The second kappa shape index (κ2) is 6.73. The van der Waals surface area contributed by atoms with Crippen LogP contribution in [0.15, 0.2) is 48.9 Å². The number of aromatic nitrogens is 3. The molecule has 1 atom stereocenters. The summed E-state index contributed by atoms with van der Waals surface area (Å²) in [4.78, 5) is 17.7. The Bertz CT molecular complexity index is 1010. The van der Waals surface area contributed by atoms with E-state index >= 15 is 0 Å². The summed E-state index contributed by atoms with van der Waals surface area (Å²) >= 11 is 0. The van der Waals surface area contributed by atoms with Crippen LogP contribution in [0.5, 0.6) is 0 Å². The Kier molecular flexibility index (Phi) is 4.18. The molecule has 5 nitrogen and oxygen atoms in total. The van der Waals surface area contributed by atoms with Crippen LogP contribution in [-0.4, -0.2) is 20.7 Å². The molecule has 2 aliphatic carbocycles. The van der Waals surface area contributed by atoms with Gasteiger partial charge >= 0.3 is 0 Å². The van der Waals surface area contributed by atoms with Crippen molar-refractivity contribution >= 4 is 16.8 Å². The number of hydrogen-bond acceptors (Lipinski definition) is 3. The van der Waals surface area contributed by atoms with E-state index in [0.717, 1.165) is 47.3 Å². The number of carbonyl (C=O) groups excluding carboxylic acids is 1. The third-order valence-electron chi connectivity index (χ3n) is 6.52. The predicted molar refractivity (Wildman–Crippen MR) is 109 cm³/mol. The fourth-order valence-electron chi connectivity index (χ4n) is 4.32. The molecule has 0 radical (unpaired) electrons. The second-order valence-electron chi connectivity index (χ2n) is 8.45. The van der Waals surface area contributed by atoms with E-state index in [4.69, 9.17) is 0 Å². The predicted octanol–water partition coefficient (Wildman–Crippen LogP) is 4.14. The lowest BCUT2D eigenvalue weighted by molar-refractivity contribution is -0.124. The molecule has 0 spiro atoms. The van der Waals surface area contributed by atoms with Crippen molar-refractivity contribution in [2.45, 2.75) is 57.0 Å². The average Bonchev–Trinajstić information content (AvgIpc) is 3.35. The molecule has 5 heteroatoms. The van der Waals surface area contributed by atoms with Crippen molar-refractivity contribution in [3.05, 3.63) is 60.0 Å². The molecule has 0 aliphatic heterocycles. The highest BCUT2D eigenvalue weighted by molar-refractivity contribution is 5.97. The smallest absolute Gasteiger partial charge is 0.231 e. The summed E-state index contributed by atoms with van der Waals surface area (Å²) in [5.74, 6) is 0.885. The van der Waals surface area contributed by atoms with E-state index in [0.29, 0.717) is 0 Å². The van der Waals surface area contributed by atoms with Crippen molar-refractivity contribution in [3.63, 3.8) is 0 Å². The van der Waals surface area contributed by atoms with Gasteiger partial charge in [0.05, 0.1) is 23.2 Å². The summed E-state index contributed by atoms with van der Waals surface area (Å²) in [6.07, 6.45) is 11.5. The molecule has 2 fully saturated rings. The van der Waals surface area contributed by atoms with Crippen molar-refractivity contribution in [1.82, 2.24) is 20.1 Å². The van der Waals surface area contributed by atoms with Gasteiger partial charge in [-0.25, -0.2) is 0 Å². The molecule has 5 rings (SSSR count). The number of rotatable bonds is 6. The largest absolute Gasteiger partial charge is 0.349 e. The number of para-hydroxylation sites is 1. The molecule has 0 saturated heterocycles. The van der Waals surface area contributed by atoms with Gasteiger partial charge < -0.3 is 5.32 Å². The van der Waals surface area contributed by atoms with Gasteiger partial charge in [0.2, 0.25) is 5.91 Å². The van der Waals surface area contributed by atoms with Crippen LogP contribution in [0.3, 0.4) is 0 Å². The fourth-order valence-corrected chi connectivity index (χ4v) is 4.32. The van der Waals surface area contributed by atoms with E-state index < -0.39 is 5.41 Å². The number of hydrogen-bond donors (Lipinski definition) is 1. The normalized spacial score (nSPS) is 19.2. The van der Waals surface area contributed by atoms with Gasteiger partial charge in [-0.15, -0.1) is 0 Å². The highest BCUT2D eigenvalue weighted by Gasteiger charge is 2.52. The Morgan fingerprint density at radius 3 is 2.86 bits per heavy atom. The van der Waals surface area contributed by atoms with Crippen LogP contribution in [0.4, 0.5) is 0 Å². The van der Waals surface area contributed by atoms with Crippen LogP contribution in [0, 0.1) is 5.92 Å². The number of amides is 1. The molecule has 2 saturated carbocycles. The third kappa shape index (κ3) is 2.99. The summed E-state index contributed by atoms with van der Waals surface area (Å²) in [7, 11) is 0. The first-order chi connectivity index (χ1) is 13.7. The molecule has 2 aromatic heterocycles. The molecule has 0 bridgehead atoms. The number of nitrogens with one attached hydrogen (secondary N) is 1. The summed E-state index contributed by atoms with van der Waals surface area (Å²) in [5.41, 5.74) is 2.70. The minimum atomic E-state index is -0.418. The van der Waals surface area contributed by atoms with Crippen LogP contribution in [0.25, 0.3) is 10.9 Å². The number of carbonyl (C=O) groups is 1. The lowest BCUT2D eigenvalue weighted by atomic mass is 9.85. The standard InChI is InChI=1S/C23H26N4O/c1-16(18-13-25-27(15-18)14-17-5-4-6-17)26-22(28)23(10-11-23)20-9-12-24-21-8-3-2-7-19(20)21/h2-3,7-9,12-13,15-17H,4-6,10-11,14H2,1H3,(H,26,28). The molecule has 28 heavy (non-hydrogen) atoms. The molecule has 3 aromatic rings. The monoisotopic (exact) mass is 374 g/mol. The van der Waals surface area contributed by atoms with Gasteiger partial charge in [-0.2, -0.15) is 5.10 Å². The molecular formula is C23H26N4O. The first kappa shape index (κ1) is 17.4. The van der Waals surface area contributed by atoms with Crippen molar-refractivity contribution in [3.8, 4) is 0 Å². The van der Waals surface area contributed by atoms with Crippen LogP contribution in [0.1, 0.15) is 56.2 Å². The lowest BCUT2D eigenvalue weighted by Gasteiger charge is -2.25. The second-order valence-corrected chi connectivity index (χ2v) is 8.45. The molecule has 1 aromatic carbocycles. The summed E-state index contributed by atoms with van der Waals surface area (Å²) in [5, 5.41) is 8.83. The minimum Gasteiger partial charge on any atom is -0.349 e. The van der Waals surface area contributed by atoms with Crippen LogP contribution < -0.4 is 5.32 Å². The van der Waals surface area contributed by atoms with Gasteiger partial charge in [0.15, 0.2) is 0 Å². The van der Waals surface area contributed by atoms with Crippen molar-refractivity contribution < 1.29 is 4.79 Å². The third-order valence-corrected chi connectivity index (χ3v) is 6.52. The van der Waals surface area contributed by atoms with Gasteiger partial charge in [-0.3, -0.25) is 14.5 Å². The number of pyridine rings is 1. The molecule has 1 amide bonds. The van der Waals surface area contributed by atoms with Crippen LogP contribution >= 0.6 is 0 Å². The zero-order chi connectivity index (χ0) is 19.1. The number of benzene rings is 1. The fraction of sp³-hybridized carbons (Fsp3) is 0.435. The average molecular weight is 374 g/mol. The van der Waals surface area contributed by atoms with E-state index in [1.54, 1.807) is 0 Å². The van der Waals surface area contributed by atoms with Gasteiger partial charge in [0.25, 0.3) is 0 Å². The lowest BCUT2D eigenvalue weighted by Crippen LogP contribution is -2.36. The van der Waals surface area contributed by atoms with E-state index in [9.17, 15) is 4.79 Å². The highest BCUT2D eigenvalue weighted by atomic mass is 16.2. The quantitative estimate of drug-likeness (QED) is 0.705. The van der Waals surface area contributed by atoms with Gasteiger partial charge in [0.1, 0.15) is 0 Å². The molecule has 2 aliphatic rings. The Balaban J connectivity index is 1.33. The van der Waals surface area contributed by atoms with Crippen molar-refractivity contribution in [2.75, 3.05) is 0 Å². The van der Waals surface area contributed by atoms with Gasteiger partial charge in [0, 0.05) is 29.9 Å². The topological polar surface area (TPSA) is 59.8 Å². The van der Waals surface area contributed by atoms with Crippen LogP contribution in [-0.2, 0) is 16.8 Å². The van der Waals surface area contributed by atoms with Gasteiger partial charge in [-0.1, -0.05) is 24.6 Å².